The van der Waals surface area contributed by atoms with Gasteiger partial charge in [0, 0.05) is 12.0 Å². The lowest BCUT2D eigenvalue weighted by atomic mass is 9.84. The summed E-state index contributed by atoms with van der Waals surface area (Å²) in [6, 6.07) is 8.74. The minimum atomic E-state index is -0.166. The van der Waals surface area contributed by atoms with Crippen LogP contribution in [0.3, 0.4) is 0 Å². The molecule has 1 aliphatic heterocycles. The number of aromatic nitrogens is 3. The van der Waals surface area contributed by atoms with Gasteiger partial charge in [-0.15, -0.1) is 5.10 Å². The number of piperidine rings is 1. The summed E-state index contributed by atoms with van der Waals surface area (Å²) in [6.45, 7) is 8.86. The number of carbonyl (C=O) groups excluding carboxylic acids is 1. The van der Waals surface area contributed by atoms with E-state index in [1.54, 1.807) is 6.20 Å². The number of hydrogen-bond donors (Lipinski definition) is 2. The molecule has 1 aromatic carbocycles. The number of benzene rings is 1. The lowest BCUT2D eigenvalue weighted by Crippen LogP contribution is -2.36. The molecule has 0 atom stereocenters. The Kier molecular flexibility index (Phi) is 5.18. The van der Waals surface area contributed by atoms with Gasteiger partial charge in [0.1, 0.15) is 0 Å². The van der Waals surface area contributed by atoms with Crippen molar-refractivity contribution >= 4 is 5.91 Å². The van der Waals surface area contributed by atoms with Crippen LogP contribution < -0.4 is 10.6 Å². The maximum Gasteiger partial charge on any atom is 0.273 e. The van der Waals surface area contributed by atoms with Crippen LogP contribution in [0, 0.1) is 6.92 Å². The quantitative estimate of drug-likeness (QED) is 0.875. The number of nitrogens with one attached hydrogen (secondary N) is 2. The highest BCUT2D eigenvalue weighted by Gasteiger charge is 2.23. The molecule has 0 radical (unpaired) electrons. The molecule has 1 amide bonds. The maximum absolute atomic E-state index is 12.4. The summed E-state index contributed by atoms with van der Waals surface area (Å²) in [4.78, 5) is 12.4. The van der Waals surface area contributed by atoms with Gasteiger partial charge in [0.15, 0.2) is 5.69 Å². The first-order valence-electron chi connectivity index (χ1n) is 8.93. The Bertz CT molecular complexity index is 731. The van der Waals surface area contributed by atoms with Gasteiger partial charge in [-0.2, -0.15) is 0 Å². The van der Waals surface area contributed by atoms with Crippen LogP contribution in [0.1, 0.15) is 54.3 Å². The molecule has 6 nitrogen and oxygen atoms in total. The van der Waals surface area contributed by atoms with Gasteiger partial charge < -0.3 is 10.6 Å². The SMILES string of the molecule is Cc1cccc(C(C)(C)CNC(=O)c2cn(C3CCNCC3)nn2)c1. The number of hydrogen-bond acceptors (Lipinski definition) is 4. The minimum absolute atomic E-state index is 0.146. The van der Waals surface area contributed by atoms with Crippen LogP contribution in [-0.4, -0.2) is 40.5 Å². The van der Waals surface area contributed by atoms with Gasteiger partial charge in [0.25, 0.3) is 5.91 Å². The van der Waals surface area contributed by atoms with Crippen LogP contribution in [-0.2, 0) is 5.41 Å². The maximum atomic E-state index is 12.4. The van der Waals surface area contributed by atoms with E-state index in [9.17, 15) is 4.79 Å². The van der Waals surface area contributed by atoms with Crippen molar-refractivity contribution in [3.05, 3.63) is 47.3 Å². The third kappa shape index (κ3) is 4.25. The van der Waals surface area contributed by atoms with Crippen molar-refractivity contribution < 1.29 is 4.79 Å². The highest BCUT2D eigenvalue weighted by atomic mass is 16.2. The summed E-state index contributed by atoms with van der Waals surface area (Å²) in [5.41, 5.74) is 2.68. The number of carbonyl (C=O) groups is 1. The molecule has 2 aromatic rings. The molecule has 0 unspecified atom stereocenters. The Morgan fingerprint density at radius 3 is 2.84 bits per heavy atom. The van der Waals surface area contributed by atoms with Gasteiger partial charge >= 0.3 is 0 Å². The molecule has 134 valence electrons. The fourth-order valence-corrected chi connectivity index (χ4v) is 3.19. The monoisotopic (exact) mass is 341 g/mol. The molecule has 2 heterocycles. The zero-order chi connectivity index (χ0) is 17.9. The van der Waals surface area contributed by atoms with Crippen molar-refractivity contribution in [3.63, 3.8) is 0 Å². The molecule has 6 heteroatoms. The molecule has 1 fully saturated rings. The molecule has 1 aliphatic rings. The standard InChI is InChI=1S/C19H27N5O/c1-14-5-4-6-15(11-14)19(2,3)13-21-18(25)17-12-24(23-22-17)16-7-9-20-10-8-16/h4-6,11-12,16,20H,7-10,13H2,1-3H3,(H,21,25). The van der Waals surface area contributed by atoms with Gasteiger partial charge in [-0.1, -0.05) is 48.9 Å². The third-order valence-corrected chi connectivity index (χ3v) is 4.92. The number of amides is 1. The zero-order valence-electron chi connectivity index (χ0n) is 15.2. The van der Waals surface area contributed by atoms with E-state index in [1.807, 2.05) is 4.68 Å². The Balaban J connectivity index is 1.61. The second-order valence-corrected chi connectivity index (χ2v) is 7.50. The Morgan fingerprint density at radius 2 is 2.12 bits per heavy atom. The van der Waals surface area contributed by atoms with Crippen LogP contribution in [0.2, 0.25) is 0 Å². The molecular formula is C19H27N5O. The molecule has 1 saturated heterocycles. The average molecular weight is 341 g/mol. The Morgan fingerprint density at radius 1 is 1.36 bits per heavy atom. The van der Waals surface area contributed by atoms with E-state index in [0.717, 1.165) is 25.9 Å². The van der Waals surface area contributed by atoms with Crippen molar-refractivity contribution in [1.82, 2.24) is 25.6 Å². The summed E-state index contributed by atoms with van der Waals surface area (Å²) in [5, 5.41) is 14.5. The Labute approximate surface area is 149 Å². The second-order valence-electron chi connectivity index (χ2n) is 7.50. The van der Waals surface area contributed by atoms with Crippen molar-refractivity contribution in [2.45, 2.75) is 45.1 Å². The summed E-state index contributed by atoms with van der Waals surface area (Å²) in [6.07, 6.45) is 3.81. The van der Waals surface area contributed by atoms with Gasteiger partial charge in [-0.25, -0.2) is 4.68 Å². The Hall–Kier alpha value is -2.21. The smallest absolute Gasteiger partial charge is 0.273 e. The molecule has 25 heavy (non-hydrogen) atoms. The average Bonchev–Trinajstić information content (AvgIpc) is 3.11. The molecule has 0 spiro atoms. The number of rotatable bonds is 5. The van der Waals surface area contributed by atoms with Crippen molar-refractivity contribution in [1.29, 1.82) is 0 Å². The normalized spacial score (nSPS) is 16.0. The second kappa shape index (κ2) is 7.35. The zero-order valence-corrected chi connectivity index (χ0v) is 15.2. The summed E-state index contributed by atoms with van der Waals surface area (Å²) < 4.78 is 1.83. The number of nitrogens with zero attached hydrogens (tertiary/aromatic N) is 3. The van der Waals surface area contributed by atoms with E-state index in [4.69, 9.17) is 0 Å². The van der Waals surface area contributed by atoms with Gasteiger partial charge in [-0.05, 0) is 38.4 Å². The van der Waals surface area contributed by atoms with E-state index in [0.29, 0.717) is 18.3 Å². The summed E-state index contributed by atoms with van der Waals surface area (Å²) >= 11 is 0. The lowest BCUT2D eigenvalue weighted by Gasteiger charge is -2.26. The fourth-order valence-electron chi connectivity index (χ4n) is 3.19. The first kappa shape index (κ1) is 17.6. The van der Waals surface area contributed by atoms with E-state index in [-0.39, 0.29) is 11.3 Å². The highest BCUT2D eigenvalue weighted by molar-refractivity contribution is 5.91. The van der Waals surface area contributed by atoms with E-state index >= 15 is 0 Å². The fraction of sp³-hybridized carbons (Fsp3) is 0.526. The molecular weight excluding hydrogens is 314 g/mol. The van der Waals surface area contributed by atoms with E-state index < -0.39 is 0 Å². The van der Waals surface area contributed by atoms with Crippen LogP contribution in [0.5, 0.6) is 0 Å². The topological polar surface area (TPSA) is 71.8 Å². The summed E-state index contributed by atoms with van der Waals surface area (Å²) in [5.74, 6) is -0.166. The molecule has 1 aromatic heterocycles. The highest BCUT2D eigenvalue weighted by Crippen LogP contribution is 2.23. The van der Waals surface area contributed by atoms with Crippen LogP contribution >= 0.6 is 0 Å². The first-order chi connectivity index (χ1) is 12.0. The minimum Gasteiger partial charge on any atom is -0.350 e. The molecule has 3 rings (SSSR count). The van der Waals surface area contributed by atoms with Crippen LogP contribution in [0.4, 0.5) is 0 Å². The lowest BCUT2D eigenvalue weighted by molar-refractivity contribution is 0.0940. The number of aryl methyl sites for hydroxylation is 1. The van der Waals surface area contributed by atoms with Crippen molar-refractivity contribution in [3.8, 4) is 0 Å². The molecule has 0 aliphatic carbocycles. The largest absolute Gasteiger partial charge is 0.350 e. The predicted octanol–water partition coefficient (Wildman–Crippen LogP) is 2.22. The predicted molar refractivity (Wildman–Crippen MR) is 97.7 cm³/mol. The van der Waals surface area contributed by atoms with Crippen LogP contribution in [0.15, 0.2) is 30.5 Å². The van der Waals surface area contributed by atoms with Crippen LogP contribution in [0.25, 0.3) is 0 Å². The molecule has 0 saturated carbocycles. The molecule has 0 bridgehead atoms. The summed E-state index contributed by atoms with van der Waals surface area (Å²) in [7, 11) is 0. The van der Waals surface area contributed by atoms with Gasteiger partial charge in [0.05, 0.1) is 12.2 Å². The third-order valence-electron chi connectivity index (χ3n) is 4.92. The van der Waals surface area contributed by atoms with Gasteiger partial charge in [-0.3, -0.25) is 4.79 Å². The van der Waals surface area contributed by atoms with Gasteiger partial charge in [0.2, 0.25) is 0 Å². The van der Waals surface area contributed by atoms with E-state index in [1.165, 1.54) is 11.1 Å². The van der Waals surface area contributed by atoms with Crippen molar-refractivity contribution in [2.75, 3.05) is 19.6 Å². The van der Waals surface area contributed by atoms with E-state index in [2.05, 4.69) is 66.0 Å². The first-order valence-corrected chi connectivity index (χ1v) is 8.93. The van der Waals surface area contributed by atoms with Crippen molar-refractivity contribution in [2.24, 2.45) is 0 Å². The molecule has 2 N–H and O–H groups in total.